The van der Waals surface area contributed by atoms with Crippen LogP contribution in [0.15, 0.2) is 20.2 Å². The molecule has 3 nitrogen and oxygen atoms in total. The molecule has 0 atom stereocenters. The van der Waals surface area contributed by atoms with Crippen LogP contribution >= 0.6 is 27.3 Å². The molecule has 0 fully saturated rings. The second kappa shape index (κ2) is 3.57. The van der Waals surface area contributed by atoms with E-state index in [1.807, 2.05) is 0 Å². The fourth-order valence-corrected chi connectivity index (χ4v) is 1.66. The first-order valence-corrected chi connectivity index (χ1v) is 4.27. The van der Waals surface area contributed by atoms with Crippen LogP contribution in [0.4, 0.5) is 0 Å². The van der Waals surface area contributed by atoms with Crippen molar-refractivity contribution in [2.75, 3.05) is 0 Å². The SMILES string of the molecule is O=C=NC(=O)c1csc(Br)c1. The maximum absolute atomic E-state index is 10.8. The van der Waals surface area contributed by atoms with Gasteiger partial charge in [-0.3, -0.25) is 4.79 Å². The van der Waals surface area contributed by atoms with Crippen LogP contribution in [-0.4, -0.2) is 12.0 Å². The zero-order valence-electron chi connectivity index (χ0n) is 5.20. The summed E-state index contributed by atoms with van der Waals surface area (Å²) >= 11 is 4.54. The number of carbonyl (C=O) groups excluding carboxylic acids is 2. The lowest BCUT2D eigenvalue weighted by Crippen LogP contribution is -1.89. The van der Waals surface area contributed by atoms with E-state index < -0.39 is 5.91 Å². The molecule has 1 heterocycles. The first kappa shape index (κ1) is 8.33. The fraction of sp³-hybridized carbons (Fsp3) is 0. The van der Waals surface area contributed by atoms with Crippen molar-refractivity contribution in [1.29, 1.82) is 0 Å². The van der Waals surface area contributed by atoms with Gasteiger partial charge in [0.15, 0.2) is 0 Å². The van der Waals surface area contributed by atoms with Crippen LogP contribution in [0.5, 0.6) is 0 Å². The molecule has 0 saturated carbocycles. The van der Waals surface area contributed by atoms with E-state index in [1.54, 1.807) is 11.4 Å². The Morgan fingerprint density at radius 3 is 2.91 bits per heavy atom. The topological polar surface area (TPSA) is 46.5 Å². The average molecular weight is 232 g/mol. The molecule has 0 aliphatic carbocycles. The molecule has 0 bridgehead atoms. The van der Waals surface area contributed by atoms with Gasteiger partial charge in [-0.25, -0.2) is 4.79 Å². The van der Waals surface area contributed by atoms with Crippen LogP contribution in [0.3, 0.4) is 0 Å². The monoisotopic (exact) mass is 231 g/mol. The predicted molar refractivity (Wildman–Crippen MR) is 44.5 cm³/mol. The molecule has 5 heteroatoms. The molecule has 0 radical (unpaired) electrons. The predicted octanol–water partition coefficient (Wildman–Crippen LogP) is 1.99. The minimum atomic E-state index is -0.554. The molecule has 0 spiro atoms. The van der Waals surface area contributed by atoms with E-state index in [2.05, 4.69) is 20.9 Å². The van der Waals surface area contributed by atoms with Gasteiger partial charge in [-0.05, 0) is 22.0 Å². The van der Waals surface area contributed by atoms with Crippen molar-refractivity contribution in [1.82, 2.24) is 0 Å². The molecule has 0 aliphatic heterocycles. The Morgan fingerprint density at radius 2 is 2.45 bits per heavy atom. The van der Waals surface area contributed by atoms with Crippen molar-refractivity contribution in [3.8, 4) is 0 Å². The second-order valence-electron chi connectivity index (χ2n) is 1.65. The highest BCUT2D eigenvalue weighted by Gasteiger charge is 2.05. The zero-order valence-corrected chi connectivity index (χ0v) is 7.61. The normalized spacial score (nSPS) is 8.82. The lowest BCUT2D eigenvalue weighted by atomic mass is 10.3. The summed E-state index contributed by atoms with van der Waals surface area (Å²) in [5.74, 6) is -0.554. The third kappa shape index (κ3) is 2.08. The number of carbonyl (C=O) groups is 1. The smallest absolute Gasteiger partial charge is 0.266 e. The number of thiophene rings is 1. The minimum Gasteiger partial charge on any atom is -0.266 e. The van der Waals surface area contributed by atoms with Gasteiger partial charge in [0.1, 0.15) is 0 Å². The summed E-state index contributed by atoms with van der Waals surface area (Å²) in [5, 5.41) is 1.62. The zero-order chi connectivity index (χ0) is 8.27. The summed E-state index contributed by atoms with van der Waals surface area (Å²) in [5.41, 5.74) is 0.408. The van der Waals surface area contributed by atoms with Crippen LogP contribution < -0.4 is 0 Å². The van der Waals surface area contributed by atoms with Gasteiger partial charge in [0, 0.05) is 5.38 Å². The van der Waals surface area contributed by atoms with Crippen molar-refractivity contribution in [3.63, 3.8) is 0 Å². The van der Waals surface area contributed by atoms with E-state index in [0.29, 0.717) is 5.56 Å². The Kier molecular flexibility index (Phi) is 2.70. The Bertz CT molecular complexity index is 327. The number of isocyanates is 1. The van der Waals surface area contributed by atoms with Crippen molar-refractivity contribution in [2.24, 2.45) is 4.99 Å². The van der Waals surface area contributed by atoms with E-state index >= 15 is 0 Å². The largest absolute Gasteiger partial charge is 0.288 e. The van der Waals surface area contributed by atoms with Crippen LogP contribution in [0.1, 0.15) is 10.4 Å². The van der Waals surface area contributed by atoms with Gasteiger partial charge in [0.05, 0.1) is 9.35 Å². The maximum Gasteiger partial charge on any atom is 0.288 e. The first-order valence-electron chi connectivity index (χ1n) is 2.60. The first-order chi connectivity index (χ1) is 5.24. The lowest BCUT2D eigenvalue weighted by molar-refractivity contribution is 0.100. The Morgan fingerprint density at radius 1 is 1.73 bits per heavy atom. The number of halogens is 1. The molecule has 0 aliphatic rings. The van der Waals surface area contributed by atoms with Crippen LogP contribution in [0, 0.1) is 0 Å². The summed E-state index contributed by atoms with van der Waals surface area (Å²) < 4.78 is 0.835. The molecule has 1 aromatic rings. The maximum atomic E-state index is 10.8. The summed E-state index contributed by atoms with van der Waals surface area (Å²) in [6, 6.07) is 1.60. The standard InChI is InChI=1S/C6H2BrNO2S/c7-5-1-4(2-11-5)6(10)8-3-9/h1-2H. The fourth-order valence-electron chi connectivity index (χ4n) is 0.528. The highest BCUT2D eigenvalue weighted by atomic mass is 79.9. The molecule has 1 rings (SSSR count). The van der Waals surface area contributed by atoms with E-state index in [0.717, 1.165) is 3.79 Å². The third-order valence-electron chi connectivity index (χ3n) is 0.962. The average Bonchev–Trinajstić information content (AvgIpc) is 2.36. The van der Waals surface area contributed by atoms with E-state index in [4.69, 9.17) is 0 Å². The third-order valence-corrected chi connectivity index (χ3v) is 2.47. The van der Waals surface area contributed by atoms with Gasteiger partial charge >= 0.3 is 0 Å². The highest BCUT2D eigenvalue weighted by molar-refractivity contribution is 9.11. The number of amides is 1. The Labute approximate surface area is 74.9 Å². The van der Waals surface area contributed by atoms with Gasteiger partial charge in [-0.1, -0.05) is 0 Å². The van der Waals surface area contributed by atoms with Crippen molar-refractivity contribution in [2.45, 2.75) is 0 Å². The molecular weight excluding hydrogens is 230 g/mol. The van der Waals surface area contributed by atoms with E-state index in [1.165, 1.54) is 17.4 Å². The number of nitrogens with zero attached hydrogens (tertiary/aromatic N) is 1. The summed E-state index contributed by atoms with van der Waals surface area (Å²) in [6.45, 7) is 0. The molecule has 1 amide bonds. The summed E-state index contributed by atoms with van der Waals surface area (Å²) in [6.07, 6.45) is 1.19. The van der Waals surface area contributed by atoms with Crippen LogP contribution in [0.25, 0.3) is 0 Å². The molecular formula is C6H2BrNO2S. The number of hydrogen-bond donors (Lipinski definition) is 0. The highest BCUT2D eigenvalue weighted by Crippen LogP contribution is 2.20. The Hall–Kier alpha value is -0.770. The molecule has 11 heavy (non-hydrogen) atoms. The van der Waals surface area contributed by atoms with Gasteiger partial charge in [0.25, 0.3) is 5.91 Å². The number of aliphatic imine (C=N–C) groups is 1. The summed E-state index contributed by atoms with van der Waals surface area (Å²) in [4.78, 5) is 23.4. The second-order valence-corrected chi connectivity index (χ2v) is 3.94. The molecule has 0 N–H and O–H groups in total. The molecule has 56 valence electrons. The van der Waals surface area contributed by atoms with E-state index in [-0.39, 0.29) is 0 Å². The van der Waals surface area contributed by atoms with Crippen molar-refractivity contribution >= 4 is 39.3 Å². The molecule has 1 aromatic heterocycles. The van der Waals surface area contributed by atoms with Crippen LogP contribution in [0.2, 0.25) is 0 Å². The van der Waals surface area contributed by atoms with E-state index in [9.17, 15) is 9.59 Å². The molecule has 0 aromatic carbocycles. The molecule has 0 saturated heterocycles. The van der Waals surface area contributed by atoms with Gasteiger partial charge in [-0.15, -0.1) is 16.3 Å². The molecule has 0 unspecified atom stereocenters. The summed E-state index contributed by atoms with van der Waals surface area (Å²) in [7, 11) is 0. The Balaban J connectivity index is 2.93. The minimum absolute atomic E-state index is 0.408. The van der Waals surface area contributed by atoms with Crippen LogP contribution in [-0.2, 0) is 4.79 Å². The lowest BCUT2D eigenvalue weighted by Gasteiger charge is -1.80. The van der Waals surface area contributed by atoms with Gasteiger partial charge in [-0.2, -0.15) is 0 Å². The van der Waals surface area contributed by atoms with Crippen molar-refractivity contribution < 1.29 is 9.59 Å². The van der Waals surface area contributed by atoms with Crippen molar-refractivity contribution in [3.05, 3.63) is 20.8 Å². The quantitative estimate of drug-likeness (QED) is 0.549. The van der Waals surface area contributed by atoms with Gasteiger partial charge in [0.2, 0.25) is 6.08 Å². The number of rotatable bonds is 1. The van der Waals surface area contributed by atoms with Gasteiger partial charge < -0.3 is 0 Å². The number of hydrogen-bond acceptors (Lipinski definition) is 3.